The minimum Gasteiger partial charge on any atom is -0.508 e. The number of phenolic OH excluding ortho intramolecular Hbond substituents is 1. The van der Waals surface area contributed by atoms with E-state index in [1.165, 1.54) is 12.1 Å². The van der Waals surface area contributed by atoms with Gasteiger partial charge in [-0.25, -0.2) is 4.39 Å². The molecule has 17 heavy (non-hydrogen) atoms. The molecule has 0 bridgehead atoms. The zero-order valence-corrected chi connectivity index (χ0v) is 9.56. The van der Waals surface area contributed by atoms with Crippen molar-refractivity contribution in [1.82, 2.24) is 10.2 Å². The van der Waals surface area contributed by atoms with Gasteiger partial charge in [-0.15, -0.1) is 0 Å². The van der Waals surface area contributed by atoms with Gasteiger partial charge in [0.05, 0.1) is 12.6 Å². The molecule has 0 unspecified atom stereocenters. The molecule has 1 aromatic rings. The van der Waals surface area contributed by atoms with E-state index in [9.17, 15) is 14.6 Å². The highest BCUT2D eigenvalue weighted by atomic mass is 19.1. The Morgan fingerprint density at radius 1 is 1.35 bits per heavy atom. The fourth-order valence-electron chi connectivity index (χ4n) is 2.19. The number of aliphatic hydroxyl groups excluding tert-OH is 1. The van der Waals surface area contributed by atoms with Gasteiger partial charge in [0.1, 0.15) is 11.6 Å². The molecule has 1 atom stereocenters. The zero-order chi connectivity index (χ0) is 12.3. The molecular weight excluding hydrogens is 223 g/mol. The molecule has 5 heteroatoms. The number of rotatable bonds is 3. The number of nitrogens with one attached hydrogen (secondary N) is 1. The summed E-state index contributed by atoms with van der Waals surface area (Å²) in [7, 11) is 0. The molecule has 0 amide bonds. The standard InChI is InChI=1S/C12H17FN2O2/c13-11-7-9(17)1-2-10(11)12(8-16)15-5-3-14-4-6-15/h1-2,7,12,14,16-17H,3-6,8H2/t12-/m1/s1. The Labute approximate surface area is 99.7 Å². The SMILES string of the molecule is OC[C@H](c1ccc(O)cc1F)N1CCNCC1. The zero-order valence-electron chi connectivity index (χ0n) is 9.56. The summed E-state index contributed by atoms with van der Waals surface area (Å²) in [5, 5.41) is 21.8. The average Bonchev–Trinajstić information content (AvgIpc) is 2.34. The third-order valence-corrected chi connectivity index (χ3v) is 3.11. The van der Waals surface area contributed by atoms with Crippen molar-refractivity contribution in [2.45, 2.75) is 6.04 Å². The molecule has 0 aromatic heterocycles. The second-order valence-electron chi connectivity index (χ2n) is 4.19. The van der Waals surface area contributed by atoms with Crippen molar-refractivity contribution in [3.8, 4) is 5.75 Å². The van der Waals surface area contributed by atoms with Gasteiger partial charge in [-0.3, -0.25) is 4.90 Å². The molecule has 0 radical (unpaired) electrons. The molecule has 3 N–H and O–H groups in total. The largest absolute Gasteiger partial charge is 0.508 e. The van der Waals surface area contributed by atoms with E-state index in [0.29, 0.717) is 5.56 Å². The average molecular weight is 240 g/mol. The number of nitrogens with zero attached hydrogens (tertiary/aromatic N) is 1. The van der Waals surface area contributed by atoms with Crippen LogP contribution in [0.15, 0.2) is 18.2 Å². The third kappa shape index (κ3) is 2.74. The second kappa shape index (κ2) is 5.44. The number of phenols is 1. The van der Waals surface area contributed by atoms with Gasteiger partial charge in [0.15, 0.2) is 0 Å². The second-order valence-corrected chi connectivity index (χ2v) is 4.19. The van der Waals surface area contributed by atoms with Gasteiger partial charge in [0.25, 0.3) is 0 Å². The van der Waals surface area contributed by atoms with Gasteiger partial charge in [-0.1, -0.05) is 6.07 Å². The lowest BCUT2D eigenvalue weighted by molar-refractivity contribution is 0.108. The summed E-state index contributed by atoms with van der Waals surface area (Å²) in [4.78, 5) is 2.05. The number of hydrogen-bond acceptors (Lipinski definition) is 4. The van der Waals surface area contributed by atoms with E-state index in [1.807, 2.05) is 4.90 Å². The van der Waals surface area contributed by atoms with Gasteiger partial charge < -0.3 is 15.5 Å². The van der Waals surface area contributed by atoms with Crippen LogP contribution >= 0.6 is 0 Å². The Morgan fingerprint density at radius 2 is 2.06 bits per heavy atom. The van der Waals surface area contributed by atoms with Crippen molar-refractivity contribution in [2.75, 3.05) is 32.8 Å². The molecule has 4 nitrogen and oxygen atoms in total. The summed E-state index contributed by atoms with van der Waals surface area (Å²) in [6.45, 7) is 3.13. The lowest BCUT2D eigenvalue weighted by atomic mass is 10.0. The van der Waals surface area contributed by atoms with Crippen molar-refractivity contribution < 1.29 is 14.6 Å². The summed E-state index contributed by atoms with van der Waals surface area (Å²) in [6, 6.07) is 3.73. The van der Waals surface area contributed by atoms with Crippen LogP contribution in [-0.4, -0.2) is 47.9 Å². The van der Waals surface area contributed by atoms with Crippen molar-refractivity contribution in [3.63, 3.8) is 0 Å². The van der Waals surface area contributed by atoms with E-state index in [-0.39, 0.29) is 18.4 Å². The Hall–Kier alpha value is -1.17. The highest BCUT2D eigenvalue weighted by Gasteiger charge is 2.23. The van der Waals surface area contributed by atoms with Gasteiger partial charge >= 0.3 is 0 Å². The van der Waals surface area contributed by atoms with Crippen LogP contribution in [0.2, 0.25) is 0 Å². The molecular formula is C12H17FN2O2. The maximum Gasteiger partial charge on any atom is 0.131 e. The van der Waals surface area contributed by atoms with Crippen LogP contribution in [0.5, 0.6) is 5.75 Å². The van der Waals surface area contributed by atoms with Crippen molar-refractivity contribution in [1.29, 1.82) is 0 Å². The molecule has 0 saturated carbocycles. The molecule has 1 saturated heterocycles. The molecule has 0 aliphatic carbocycles. The van der Waals surface area contributed by atoms with Crippen molar-refractivity contribution >= 4 is 0 Å². The van der Waals surface area contributed by atoms with E-state index in [1.54, 1.807) is 0 Å². The van der Waals surface area contributed by atoms with Crippen LogP contribution in [-0.2, 0) is 0 Å². The van der Waals surface area contributed by atoms with Crippen molar-refractivity contribution in [2.24, 2.45) is 0 Å². The smallest absolute Gasteiger partial charge is 0.131 e. The summed E-state index contributed by atoms with van der Waals surface area (Å²) >= 11 is 0. The maximum absolute atomic E-state index is 13.7. The molecule has 1 heterocycles. The fraction of sp³-hybridized carbons (Fsp3) is 0.500. The van der Waals surface area contributed by atoms with Crippen LogP contribution < -0.4 is 5.32 Å². The lowest BCUT2D eigenvalue weighted by Gasteiger charge is -2.34. The number of benzene rings is 1. The fourth-order valence-corrected chi connectivity index (χ4v) is 2.19. The third-order valence-electron chi connectivity index (χ3n) is 3.11. The number of halogens is 1. The summed E-state index contributed by atoms with van der Waals surface area (Å²) in [5.41, 5.74) is 0.437. The van der Waals surface area contributed by atoms with Crippen LogP contribution in [0.4, 0.5) is 4.39 Å². The molecule has 1 fully saturated rings. The first-order valence-corrected chi connectivity index (χ1v) is 5.76. The monoisotopic (exact) mass is 240 g/mol. The van der Waals surface area contributed by atoms with E-state index >= 15 is 0 Å². The highest BCUT2D eigenvalue weighted by molar-refractivity contribution is 5.30. The molecule has 0 spiro atoms. The molecule has 94 valence electrons. The summed E-state index contributed by atoms with van der Waals surface area (Å²) < 4.78 is 13.7. The molecule has 1 aromatic carbocycles. The van der Waals surface area contributed by atoms with Gasteiger partial charge in [0, 0.05) is 37.8 Å². The van der Waals surface area contributed by atoms with Crippen LogP contribution in [0.25, 0.3) is 0 Å². The minimum atomic E-state index is -0.470. The Bertz CT molecular complexity index is 381. The van der Waals surface area contributed by atoms with Crippen molar-refractivity contribution in [3.05, 3.63) is 29.6 Å². The maximum atomic E-state index is 13.7. The minimum absolute atomic E-state index is 0.0942. The first-order valence-electron chi connectivity index (χ1n) is 5.76. The molecule has 1 aliphatic heterocycles. The molecule has 2 rings (SSSR count). The lowest BCUT2D eigenvalue weighted by Crippen LogP contribution is -2.46. The number of piperazine rings is 1. The van der Waals surface area contributed by atoms with Gasteiger partial charge in [-0.2, -0.15) is 0 Å². The topological polar surface area (TPSA) is 55.7 Å². The number of aromatic hydroxyl groups is 1. The first kappa shape index (κ1) is 12.3. The van der Waals surface area contributed by atoms with E-state index in [4.69, 9.17) is 0 Å². The summed E-state index contributed by atoms with van der Waals surface area (Å²) in [6.07, 6.45) is 0. The Balaban J connectivity index is 2.21. The predicted octanol–water partition coefficient (Wildman–Crippen LogP) is 0.470. The number of aliphatic hydroxyl groups is 1. The predicted molar refractivity (Wildman–Crippen MR) is 62.3 cm³/mol. The quantitative estimate of drug-likeness (QED) is 0.719. The Kier molecular flexibility index (Phi) is 3.93. The van der Waals surface area contributed by atoms with E-state index in [0.717, 1.165) is 32.2 Å². The summed E-state index contributed by atoms with van der Waals surface area (Å²) in [5.74, 6) is -0.564. The van der Waals surface area contributed by atoms with E-state index < -0.39 is 5.82 Å². The van der Waals surface area contributed by atoms with Gasteiger partial charge in [-0.05, 0) is 6.07 Å². The molecule has 1 aliphatic rings. The highest BCUT2D eigenvalue weighted by Crippen LogP contribution is 2.25. The van der Waals surface area contributed by atoms with Crippen LogP contribution in [0.1, 0.15) is 11.6 Å². The first-order chi connectivity index (χ1) is 8.22. The Morgan fingerprint density at radius 3 is 2.65 bits per heavy atom. The van der Waals surface area contributed by atoms with Crippen LogP contribution in [0.3, 0.4) is 0 Å². The van der Waals surface area contributed by atoms with Crippen LogP contribution in [0, 0.1) is 5.82 Å². The number of hydrogen-bond donors (Lipinski definition) is 3. The van der Waals surface area contributed by atoms with E-state index in [2.05, 4.69) is 5.32 Å². The van der Waals surface area contributed by atoms with Gasteiger partial charge in [0.2, 0.25) is 0 Å². The normalized spacial score (nSPS) is 19.2.